The van der Waals surface area contributed by atoms with Gasteiger partial charge in [-0.2, -0.15) is 0 Å². The molecule has 1 N–H and O–H groups in total. The Labute approximate surface area is 98.0 Å². The second kappa shape index (κ2) is 5.39. The third-order valence-corrected chi connectivity index (χ3v) is 4.15. The predicted molar refractivity (Wildman–Crippen MR) is 66.6 cm³/mol. The number of rotatable bonds is 5. The van der Waals surface area contributed by atoms with Crippen molar-refractivity contribution in [1.82, 2.24) is 10.3 Å². The number of thiophene rings is 1. The molecule has 0 saturated carbocycles. The van der Waals surface area contributed by atoms with Crippen molar-refractivity contribution in [2.75, 3.05) is 6.54 Å². The Morgan fingerprint density at radius 2 is 2.40 bits per heavy atom. The molecule has 1 atom stereocenters. The molecule has 80 valence electrons. The second-order valence-corrected chi connectivity index (χ2v) is 5.47. The van der Waals surface area contributed by atoms with E-state index in [0.29, 0.717) is 5.92 Å². The smallest absolute Gasteiger partial charge is 0.0794 e. The zero-order valence-electron chi connectivity index (χ0n) is 8.64. The topological polar surface area (TPSA) is 24.9 Å². The van der Waals surface area contributed by atoms with E-state index in [2.05, 4.69) is 34.7 Å². The summed E-state index contributed by atoms with van der Waals surface area (Å²) in [5.41, 5.74) is 1.87. The van der Waals surface area contributed by atoms with Crippen molar-refractivity contribution in [3.63, 3.8) is 0 Å². The molecule has 15 heavy (non-hydrogen) atoms. The summed E-state index contributed by atoms with van der Waals surface area (Å²) in [6.07, 6.45) is 1.92. The molecule has 0 aliphatic heterocycles. The van der Waals surface area contributed by atoms with Crippen LogP contribution in [0.2, 0.25) is 0 Å². The fraction of sp³-hybridized carbons (Fsp3) is 0.364. The van der Waals surface area contributed by atoms with E-state index in [-0.39, 0.29) is 0 Å². The van der Waals surface area contributed by atoms with E-state index in [0.717, 1.165) is 13.1 Å². The molecular weight excluding hydrogens is 224 g/mol. The summed E-state index contributed by atoms with van der Waals surface area (Å²) in [5, 5.41) is 5.59. The van der Waals surface area contributed by atoms with Gasteiger partial charge in [-0.05, 0) is 11.4 Å². The Morgan fingerprint density at radius 1 is 1.47 bits per heavy atom. The van der Waals surface area contributed by atoms with E-state index in [9.17, 15) is 0 Å². The molecule has 4 heteroatoms. The monoisotopic (exact) mass is 238 g/mol. The molecule has 2 heterocycles. The third kappa shape index (κ3) is 3.12. The summed E-state index contributed by atoms with van der Waals surface area (Å²) in [7, 11) is 0. The number of hydrogen-bond donors (Lipinski definition) is 1. The number of hydrogen-bond acceptors (Lipinski definition) is 4. The van der Waals surface area contributed by atoms with E-state index < -0.39 is 0 Å². The molecule has 0 aromatic carbocycles. The molecular formula is C11H14N2S2. The van der Waals surface area contributed by atoms with Crippen molar-refractivity contribution in [2.24, 2.45) is 0 Å². The number of aromatic nitrogens is 1. The minimum absolute atomic E-state index is 0.595. The first-order valence-electron chi connectivity index (χ1n) is 4.98. The quantitative estimate of drug-likeness (QED) is 0.866. The first-order valence-corrected chi connectivity index (χ1v) is 6.73. The molecule has 2 nitrogen and oxygen atoms in total. The van der Waals surface area contributed by atoms with Crippen LogP contribution in [0.5, 0.6) is 0 Å². The molecule has 0 spiro atoms. The van der Waals surface area contributed by atoms with E-state index in [1.807, 2.05) is 23.0 Å². The molecule has 0 fully saturated rings. The van der Waals surface area contributed by atoms with Crippen LogP contribution in [0.3, 0.4) is 0 Å². The van der Waals surface area contributed by atoms with Crippen LogP contribution in [-0.4, -0.2) is 11.5 Å². The Kier molecular flexibility index (Phi) is 3.88. The number of thiazole rings is 1. The highest BCUT2D eigenvalue weighted by molar-refractivity contribution is 7.10. The standard InChI is InChI=1S/C11H14N2S2/c1-9(11-3-2-4-14-11)5-12-6-10-7-13-8-15-10/h2-4,7-9,12H,5-6H2,1H3. The SMILES string of the molecule is CC(CNCc1cncs1)c1cccs1. The summed E-state index contributed by atoms with van der Waals surface area (Å²) in [4.78, 5) is 6.80. The lowest BCUT2D eigenvalue weighted by atomic mass is 10.1. The van der Waals surface area contributed by atoms with Crippen LogP contribution in [0.1, 0.15) is 22.6 Å². The maximum absolute atomic E-state index is 4.05. The third-order valence-electron chi connectivity index (χ3n) is 2.26. The zero-order valence-corrected chi connectivity index (χ0v) is 10.3. The van der Waals surface area contributed by atoms with Gasteiger partial charge in [0.15, 0.2) is 0 Å². The minimum atomic E-state index is 0.595. The van der Waals surface area contributed by atoms with Crippen LogP contribution in [0.25, 0.3) is 0 Å². The molecule has 0 amide bonds. The summed E-state index contributed by atoms with van der Waals surface area (Å²) in [6.45, 7) is 4.21. The zero-order chi connectivity index (χ0) is 10.5. The first kappa shape index (κ1) is 10.8. The maximum atomic E-state index is 4.05. The molecule has 0 bridgehead atoms. The highest BCUT2D eigenvalue weighted by Gasteiger charge is 2.05. The van der Waals surface area contributed by atoms with Crippen LogP contribution in [0, 0.1) is 0 Å². The van der Waals surface area contributed by atoms with Gasteiger partial charge in [0.05, 0.1) is 5.51 Å². The lowest BCUT2D eigenvalue weighted by molar-refractivity contribution is 0.625. The average molecular weight is 238 g/mol. The van der Waals surface area contributed by atoms with E-state index in [4.69, 9.17) is 0 Å². The van der Waals surface area contributed by atoms with Gasteiger partial charge in [-0.25, -0.2) is 0 Å². The van der Waals surface area contributed by atoms with Gasteiger partial charge < -0.3 is 5.32 Å². The fourth-order valence-electron chi connectivity index (χ4n) is 1.41. The van der Waals surface area contributed by atoms with Crippen LogP contribution in [-0.2, 0) is 6.54 Å². The van der Waals surface area contributed by atoms with Crippen LogP contribution < -0.4 is 5.32 Å². The summed E-state index contributed by atoms with van der Waals surface area (Å²) >= 11 is 3.53. The van der Waals surface area contributed by atoms with Gasteiger partial charge in [0, 0.05) is 35.0 Å². The Balaban J connectivity index is 1.74. The second-order valence-electron chi connectivity index (χ2n) is 3.52. The van der Waals surface area contributed by atoms with Crippen molar-refractivity contribution >= 4 is 22.7 Å². The Hall–Kier alpha value is -0.710. The largest absolute Gasteiger partial charge is 0.311 e. The first-order chi connectivity index (χ1) is 7.36. The van der Waals surface area contributed by atoms with Gasteiger partial charge in [0.2, 0.25) is 0 Å². The lowest BCUT2D eigenvalue weighted by Gasteiger charge is -2.09. The molecule has 1 unspecified atom stereocenters. The molecule has 2 aromatic heterocycles. The number of nitrogens with one attached hydrogen (secondary N) is 1. The van der Waals surface area contributed by atoms with Crippen LogP contribution >= 0.6 is 22.7 Å². The lowest BCUT2D eigenvalue weighted by Crippen LogP contribution is -2.18. The molecule has 0 radical (unpaired) electrons. The van der Waals surface area contributed by atoms with Crippen LogP contribution in [0.4, 0.5) is 0 Å². The molecule has 2 aromatic rings. The van der Waals surface area contributed by atoms with Crippen LogP contribution in [0.15, 0.2) is 29.2 Å². The highest BCUT2D eigenvalue weighted by Crippen LogP contribution is 2.19. The van der Waals surface area contributed by atoms with Crippen molar-refractivity contribution < 1.29 is 0 Å². The Bertz CT molecular complexity index is 367. The number of nitrogens with zero attached hydrogens (tertiary/aromatic N) is 1. The normalized spacial score (nSPS) is 12.9. The van der Waals surface area contributed by atoms with E-state index >= 15 is 0 Å². The van der Waals surface area contributed by atoms with Gasteiger partial charge in [0.25, 0.3) is 0 Å². The van der Waals surface area contributed by atoms with Crippen molar-refractivity contribution in [3.05, 3.63) is 39.0 Å². The summed E-state index contributed by atoms with van der Waals surface area (Å²) in [6, 6.07) is 4.31. The average Bonchev–Trinajstić information content (AvgIpc) is 2.90. The molecule has 0 aliphatic carbocycles. The maximum Gasteiger partial charge on any atom is 0.0794 e. The molecule has 0 saturated heterocycles. The predicted octanol–water partition coefficient (Wildman–Crippen LogP) is 3.10. The van der Waals surface area contributed by atoms with Gasteiger partial charge >= 0.3 is 0 Å². The minimum Gasteiger partial charge on any atom is -0.311 e. The van der Waals surface area contributed by atoms with Gasteiger partial charge in [-0.1, -0.05) is 13.0 Å². The summed E-state index contributed by atoms with van der Waals surface area (Å²) < 4.78 is 0. The highest BCUT2D eigenvalue weighted by atomic mass is 32.1. The van der Waals surface area contributed by atoms with Gasteiger partial charge in [0.1, 0.15) is 0 Å². The van der Waals surface area contributed by atoms with Gasteiger partial charge in [-0.15, -0.1) is 22.7 Å². The molecule has 0 aliphatic rings. The van der Waals surface area contributed by atoms with Crippen molar-refractivity contribution in [2.45, 2.75) is 19.4 Å². The van der Waals surface area contributed by atoms with Crippen molar-refractivity contribution in [3.8, 4) is 0 Å². The van der Waals surface area contributed by atoms with Crippen molar-refractivity contribution in [1.29, 1.82) is 0 Å². The van der Waals surface area contributed by atoms with E-state index in [1.54, 1.807) is 11.3 Å². The summed E-state index contributed by atoms with van der Waals surface area (Å²) in [5.74, 6) is 0.595. The molecule has 2 rings (SSSR count). The van der Waals surface area contributed by atoms with E-state index in [1.165, 1.54) is 9.75 Å². The fourth-order valence-corrected chi connectivity index (χ4v) is 2.76. The van der Waals surface area contributed by atoms with Gasteiger partial charge in [-0.3, -0.25) is 4.98 Å². The Morgan fingerprint density at radius 3 is 3.07 bits per heavy atom.